The van der Waals surface area contributed by atoms with Crippen LogP contribution in [-0.4, -0.2) is 64.4 Å². The average Bonchev–Trinajstić information content (AvgIpc) is 3.14. The van der Waals surface area contributed by atoms with Gasteiger partial charge in [0.1, 0.15) is 18.1 Å². The van der Waals surface area contributed by atoms with E-state index in [-0.39, 0.29) is 17.7 Å². The Morgan fingerprint density at radius 3 is 2.28 bits per heavy atom. The third-order valence-corrected chi connectivity index (χ3v) is 5.45. The highest BCUT2D eigenvalue weighted by molar-refractivity contribution is 5.94. The molecule has 5 N–H and O–H groups in total. The Hall–Kier alpha value is -2.16. The highest BCUT2D eigenvalue weighted by Gasteiger charge is 2.38. The number of carbonyl (C=O) groups is 4. The molecule has 1 aliphatic rings. The van der Waals surface area contributed by atoms with Crippen molar-refractivity contribution in [3.8, 4) is 0 Å². The van der Waals surface area contributed by atoms with Gasteiger partial charge in [-0.25, -0.2) is 4.79 Å². The van der Waals surface area contributed by atoms with Crippen LogP contribution < -0.4 is 16.4 Å². The summed E-state index contributed by atoms with van der Waals surface area (Å²) in [5.74, 6) is -2.26. The summed E-state index contributed by atoms with van der Waals surface area (Å²) in [6.07, 6.45) is 2.14. The molecule has 1 heterocycles. The third kappa shape index (κ3) is 6.99. The van der Waals surface area contributed by atoms with E-state index in [2.05, 4.69) is 10.6 Å². The molecule has 3 amide bonds. The second-order valence-corrected chi connectivity index (χ2v) is 8.36. The SMILES string of the molecule is CCC(C)C(N)C(=O)NC(C)C(=O)N1CCCC1C(=O)NC(CC(C)C)C(=O)O. The molecule has 9 nitrogen and oxygen atoms in total. The van der Waals surface area contributed by atoms with Crippen LogP contribution >= 0.6 is 0 Å². The second-order valence-electron chi connectivity index (χ2n) is 8.36. The van der Waals surface area contributed by atoms with E-state index in [1.807, 2.05) is 27.7 Å². The zero-order valence-electron chi connectivity index (χ0n) is 18.1. The third-order valence-electron chi connectivity index (χ3n) is 5.45. The van der Waals surface area contributed by atoms with Crippen LogP contribution in [0.25, 0.3) is 0 Å². The molecule has 0 aromatic carbocycles. The summed E-state index contributed by atoms with van der Waals surface area (Å²) in [5.41, 5.74) is 5.91. The summed E-state index contributed by atoms with van der Waals surface area (Å²) < 4.78 is 0. The fraction of sp³-hybridized carbons (Fsp3) is 0.800. The average molecular weight is 413 g/mol. The van der Waals surface area contributed by atoms with Crippen LogP contribution in [0.2, 0.25) is 0 Å². The number of hydrogen-bond donors (Lipinski definition) is 4. The molecule has 0 aliphatic carbocycles. The molecule has 1 fully saturated rings. The van der Waals surface area contributed by atoms with Crippen LogP contribution in [0.5, 0.6) is 0 Å². The van der Waals surface area contributed by atoms with E-state index in [0.717, 1.165) is 6.42 Å². The first kappa shape index (κ1) is 24.9. The fourth-order valence-electron chi connectivity index (χ4n) is 3.40. The lowest BCUT2D eigenvalue weighted by Crippen LogP contribution is -2.56. The molecular formula is C20H36N4O5. The van der Waals surface area contributed by atoms with Crippen molar-refractivity contribution in [1.29, 1.82) is 0 Å². The van der Waals surface area contributed by atoms with Gasteiger partial charge in [-0.3, -0.25) is 14.4 Å². The van der Waals surface area contributed by atoms with Gasteiger partial charge < -0.3 is 26.4 Å². The minimum absolute atomic E-state index is 0.0171. The number of carboxylic acids is 1. The van der Waals surface area contributed by atoms with Crippen LogP contribution in [0.15, 0.2) is 0 Å². The molecular weight excluding hydrogens is 376 g/mol. The van der Waals surface area contributed by atoms with E-state index in [1.165, 1.54) is 4.90 Å². The summed E-state index contributed by atoms with van der Waals surface area (Å²) in [4.78, 5) is 50.6. The van der Waals surface area contributed by atoms with Gasteiger partial charge >= 0.3 is 5.97 Å². The summed E-state index contributed by atoms with van der Waals surface area (Å²) in [5, 5.41) is 14.5. The van der Waals surface area contributed by atoms with Gasteiger partial charge in [0.25, 0.3) is 0 Å². The standard InChI is InChI=1S/C20H36N4O5/c1-6-12(4)16(21)18(26)22-13(5)19(27)24-9-7-8-15(24)17(25)23-14(20(28)29)10-11(2)3/h11-16H,6-10,21H2,1-5H3,(H,22,26)(H,23,25)(H,28,29). The predicted octanol–water partition coefficient (Wildman–Crippen LogP) is 0.471. The Bertz CT molecular complexity index is 610. The molecule has 1 saturated heterocycles. The number of nitrogens with zero attached hydrogens (tertiary/aromatic N) is 1. The minimum atomic E-state index is -1.09. The summed E-state index contributed by atoms with van der Waals surface area (Å²) in [6, 6.07) is -3.26. The van der Waals surface area contributed by atoms with E-state index in [1.54, 1.807) is 6.92 Å². The quantitative estimate of drug-likeness (QED) is 0.411. The van der Waals surface area contributed by atoms with Crippen molar-refractivity contribution < 1.29 is 24.3 Å². The minimum Gasteiger partial charge on any atom is -0.480 e. The van der Waals surface area contributed by atoms with Gasteiger partial charge in [-0.15, -0.1) is 0 Å². The number of amides is 3. The van der Waals surface area contributed by atoms with Gasteiger partial charge in [-0.2, -0.15) is 0 Å². The van der Waals surface area contributed by atoms with E-state index in [4.69, 9.17) is 5.73 Å². The lowest BCUT2D eigenvalue weighted by atomic mass is 9.99. The molecule has 1 rings (SSSR count). The molecule has 0 aromatic rings. The number of nitrogens with one attached hydrogen (secondary N) is 2. The van der Waals surface area contributed by atoms with Gasteiger partial charge in [0, 0.05) is 6.54 Å². The second kappa shape index (κ2) is 11.1. The first-order chi connectivity index (χ1) is 13.5. The van der Waals surface area contributed by atoms with Gasteiger partial charge in [0.2, 0.25) is 17.7 Å². The summed E-state index contributed by atoms with van der Waals surface area (Å²) in [6.45, 7) is 9.51. The van der Waals surface area contributed by atoms with Gasteiger partial charge in [0.15, 0.2) is 0 Å². The maximum Gasteiger partial charge on any atom is 0.326 e. The molecule has 0 saturated carbocycles. The van der Waals surface area contributed by atoms with Crippen molar-refractivity contribution in [1.82, 2.24) is 15.5 Å². The number of likely N-dealkylation sites (tertiary alicyclic amines) is 1. The smallest absolute Gasteiger partial charge is 0.326 e. The van der Waals surface area contributed by atoms with Crippen LogP contribution in [0, 0.1) is 11.8 Å². The van der Waals surface area contributed by atoms with E-state index < -0.39 is 42.0 Å². The number of rotatable bonds is 10. The Balaban J connectivity index is 2.76. The molecule has 5 unspecified atom stereocenters. The van der Waals surface area contributed by atoms with Crippen molar-refractivity contribution in [2.45, 2.75) is 84.5 Å². The molecule has 29 heavy (non-hydrogen) atoms. The normalized spacial score (nSPS) is 20.7. The highest BCUT2D eigenvalue weighted by atomic mass is 16.4. The molecule has 0 radical (unpaired) electrons. The number of hydrogen-bond acceptors (Lipinski definition) is 5. The fourth-order valence-corrected chi connectivity index (χ4v) is 3.40. The number of aliphatic carboxylic acids is 1. The Labute approximate surface area is 172 Å². The molecule has 1 aliphatic heterocycles. The van der Waals surface area contributed by atoms with Crippen molar-refractivity contribution in [2.75, 3.05) is 6.54 Å². The van der Waals surface area contributed by atoms with Crippen LogP contribution in [0.1, 0.15) is 60.3 Å². The number of nitrogens with two attached hydrogens (primary N) is 1. The lowest BCUT2D eigenvalue weighted by molar-refractivity contribution is -0.145. The number of carbonyl (C=O) groups excluding carboxylic acids is 3. The number of carboxylic acid groups (broad SMARTS) is 1. The van der Waals surface area contributed by atoms with Crippen LogP contribution in [-0.2, 0) is 19.2 Å². The monoisotopic (exact) mass is 412 g/mol. The largest absolute Gasteiger partial charge is 0.480 e. The highest BCUT2D eigenvalue weighted by Crippen LogP contribution is 2.19. The van der Waals surface area contributed by atoms with Crippen molar-refractivity contribution >= 4 is 23.7 Å². The topological polar surface area (TPSA) is 142 Å². The van der Waals surface area contributed by atoms with Gasteiger partial charge in [-0.05, 0) is 38.0 Å². The molecule has 0 spiro atoms. The molecule has 0 aromatic heterocycles. The van der Waals surface area contributed by atoms with Crippen LogP contribution in [0.3, 0.4) is 0 Å². The van der Waals surface area contributed by atoms with Crippen molar-refractivity contribution in [3.05, 3.63) is 0 Å². The zero-order valence-corrected chi connectivity index (χ0v) is 18.1. The van der Waals surface area contributed by atoms with Crippen LogP contribution in [0.4, 0.5) is 0 Å². The molecule has 9 heteroatoms. The first-order valence-corrected chi connectivity index (χ1v) is 10.4. The predicted molar refractivity (Wildman–Crippen MR) is 109 cm³/mol. The van der Waals surface area contributed by atoms with Crippen molar-refractivity contribution in [2.24, 2.45) is 17.6 Å². The lowest BCUT2D eigenvalue weighted by Gasteiger charge is -2.29. The molecule has 166 valence electrons. The maximum atomic E-state index is 12.8. The van der Waals surface area contributed by atoms with Gasteiger partial charge in [0.05, 0.1) is 6.04 Å². The zero-order chi connectivity index (χ0) is 22.3. The Kier molecular flexibility index (Phi) is 9.55. The Morgan fingerprint density at radius 1 is 1.14 bits per heavy atom. The van der Waals surface area contributed by atoms with E-state index in [0.29, 0.717) is 25.8 Å². The first-order valence-electron chi connectivity index (χ1n) is 10.4. The molecule has 5 atom stereocenters. The summed E-state index contributed by atoms with van der Waals surface area (Å²) in [7, 11) is 0. The Morgan fingerprint density at radius 2 is 1.76 bits per heavy atom. The maximum absolute atomic E-state index is 12.8. The van der Waals surface area contributed by atoms with E-state index >= 15 is 0 Å². The molecule has 0 bridgehead atoms. The summed E-state index contributed by atoms with van der Waals surface area (Å²) >= 11 is 0. The van der Waals surface area contributed by atoms with Crippen molar-refractivity contribution in [3.63, 3.8) is 0 Å². The van der Waals surface area contributed by atoms with Gasteiger partial charge in [-0.1, -0.05) is 34.1 Å². The van der Waals surface area contributed by atoms with E-state index in [9.17, 15) is 24.3 Å².